The predicted octanol–water partition coefficient (Wildman–Crippen LogP) is 3.36. The van der Waals surface area contributed by atoms with Crippen molar-refractivity contribution in [3.63, 3.8) is 0 Å². The topological polar surface area (TPSA) is 0 Å². The van der Waals surface area contributed by atoms with Crippen molar-refractivity contribution in [2.24, 2.45) is 5.92 Å². The largest absolute Gasteiger partial charge is 0.242 e. The van der Waals surface area contributed by atoms with Crippen LogP contribution in [0.25, 0.3) is 0 Å². The molecule has 1 aliphatic carbocycles. The van der Waals surface area contributed by atoms with Crippen LogP contribution in [-0.4, -0.2) is 6.43 Å². The normalized spacial score (nSPS) is 26.5. The molecule has 1 saturated carbocycles. The highest BCUT2D eigenvalue weighted by Crippen LogP contribution is 2.51. The van der Waals surface area contributed by atoms with Crippen LogP contribution in [-0.2, 0) is 0 Å². The van der Waals surface area contributed by atoms with Gasteiger partial charge in [-0.25, -0.2) is 8.78 Å². The number of benzene rings is 1. The maximum absolute atomic E-state index is 12.3. The van der Waals surface area contributed by atoms with Crippen molar-refractivity contribution in [3.05, 3.63) is 35.4 Å². The van der Waals surface area contributed by atoms with Gasteiger partial charge in [0.05, 0.1) is 0 Å². The molecule has 0 radical (unpaired) electrons. The standard InChI is InChI=1S/C11H12F2/c1-7-4-2-3-5-8(7)9-6-10(9)11(12)13/h2-5,9-11H,6H2,1H3/t9-,10+/m0/s1. The van der Waals surface area contributed by atoms with E-state index in [4.69, 9.17) is 0 Å². The van der Waals surface area contributed by atoms with Crippen molar-refractivity contribution >= 4 is 0 Å². The summed E-state index contributed by atoms with van der Waals surface area (Å²) in [6.45, 7) is 1.98. The summed E-state index contributed by atoms with van der Waals surface area (Å²) in [5.74, 6) is -0.276. The van der Waals surface area contributed by atoms with Gasteiger partial charge in [-0.05, 0) is 30.4 Å². The molecule has 0 aliphatic heterocycles. The Morgan fingerprint density at radius 1 is 1.31 bits per heavy atom. The van der Waals surface area contributed by atoms with E-state index in [1.165, 1.54) is 0 Å². The van der Waals surface area contributed by atoms with Crippen molar-refractivity contribution in [1.82, 2.24) is 0 Å². The minimum atomic E-state index is -2.15. The lowest BCUT2D eigenvalue weighted by molar-refractivity contribution is 0.120. The first-order valence-electron chi connectivity index (χ1n) is 4.54. The van der Waals surface area contributed by atoms with Crippen molar-refractivity contribution in [2.45, 2.75) is 25.7 Å². The van der Waals surface area contributed by atoms with Crippen LogP contribution in [0, 0.1) is 12.8 Å². The summed E-state index contributed by atoms with van der Waals surface area (Å²) in [7, 11) is 0. The van der Waals surface area contributed by atoms with Crippen molar-refractivity contribution in [1.29, 1.82) is 0 Å². The van der Waals surface area contributed by atoms with Crippen molar-refractivity contribution in [2.75, 3.05) is 0 Å². The fourth-order valence-corrected chi connectivity index (χ4v) is 1.85. The number of hydrogen-bond donors (Lipinski definition) is 0. The molecule has 1 fully saturated rings. The molecular formula is C11H12F2. The van der Waals surface area contributed by atoms with Crippen LogP contribution in [0.1, 0.15) is 23.5 Å². The number of alkyl halides is 2. The van der Waals surface area contributed by atoms with Crippen molar-refractivity contribution in [3.8, 4) is 0 Å². The maximum atomic E-state index is 12.3. The zero-order chi connectivity index (χ0) is 9.42. The first kappa shape index (κ1) is 8.67. The minimum absolute atomic E-state index is 0.112. The highest BCUT2D eigenvalue weighted by molar-refractivity contribution is 5.33. The Morgan fingerprint density at radius 3 is 2.54 bits per heavy atom. The Morgan fingerprint density at radius 2 is 2.00 bits per heavy atom. The van der Waals surface area contributed by atoms with E-state index in [0.717, 1.165) is 11.1 Å². The van der Waals surface area contributed by atoms with E-state index in [-0.39, 0.29) is 11.8 Å². The van der Waals surface area contributed by atoms with Gasteiger partial charge in [0, 0.05) is 5.92 Å². The van der Waals surface area contributed by atoms with Gasteiger partial charge in [-0.1, -0.05) is 24.3 Å². The highest BCUT2D eigenvalue weighted by Gasteiger charge is 2.45. The number of aryl methyl sites for hydroxylation is 1. The van der Waals surface area contributed by atoms with E-state index in [0.29, 0.717) is 6.42 Å². The third-order valence-electron chi connectivity index (χ3n) is 2.75. The molecule has 70 valence electrons. The van der Waals surface area contributed by atoms with Crippen LogP contribution in [0.15, 0.2) is 24.3 Å². The quantitative estimate of drug-likeness (QED) is 0.657. The molecule has 0 saturated heterocycles. The van der Waals surface area contributed by atoms with Crippen LogP contribution in [0.3, 0.4) is 0 Å². The van der Waals surface area contributed by atoms with Gasteiger partial charge < -0.3 is 0 Å². The molecule has 2 rings (SSSR count). The summed E-state index contributed by atoms with van der Waals surface area (Å²) in [6.07, 6.45) is -1.49. The molecule has 1 aromatic rings. The molecule has 0 heterocycles. The van der Waals surface area contributed by atoms with Crippen molar-refractivity contribution < 1.29 is 8.78 Å². The second kappa shape index (κ2) is 3.09. The lowest BCUT2D eigenvalue weighted by Crippen LogP contribution is -1.96. The molecule has 0 spiro atoms. The zero-order valence-corrected chi connectivity index (χ0v) is 7.50. The molecule has 0 amide bonds. The molecular weight excluding hydrogens is 170 g/mol. The molecule has 0 unspecified atom stereocenters. The molecule has 0 nitrogen and oxygen atoms in total. The SMILES string of the molecule is Cc1ccccc1[C@@H]1C[C@H]1C(F)F. The Kier molecular flexibility index (Phi) is 2.06. The van der Waals surface area contributed by atoms with Gasteiger partial charge in [0.1, 0.15) is 0 Å². The summed E-state index contributed by atoms with van der Waals surface area (Å²) in [4.78, 5) is 0. The lowest BCUT2D eigenvalue weighted by Gasteiger charge is -2.03. The third-order valence-corrected chi connectivity index (χ3v) is 2.75. The smallest absolute Gasteiger partial charge is 0.210 e. The fraction of sp³-hybridized carbons (Fsp3) is 0.455. The van der Waals surface area contributed by atoms with Crippen LogP contribution in [0.4, 0.5) is 8.78 Å². The highest BCUT2D eigenvalue weighted by atomic mass is 19.3. The van der Waals surface area contributed by atoms with Crippen LogP contribution >= 0.6 is 0 Å². The Labute approximate surface area is 76.6 Å². The fourth-order valence-electron chi connectivity index (χ4n) is 1.85. The Balaban J connectivity index is 2.16. The molecule has 2 heteroatoms. The van der Waals surface area contributed by atoms with Crippen LogP contribution in [0.2, 0.25) is 0 Å². The molecule has 0 aromatic heterocycles. The van der Waals surface area contributed by atoms with Crippen LogP contribution in [0.5, 0.6) is 0 Å². The molecule has 0 N–H and O–H groups in total. The molecule has 1 aliphatic rings. The Bertz CT molecular complexity index is 307. The summed E-state index contributed by atoms with van der Waals surface area (Å²) < 4.78 is 24.6. The molecule has 2 atom stereocenters. The predicted molar refractivity (Wildman–Crippen MR) is 48.0 cm³/mol. The first-order valence-corrected chi connectivity index (χ1v) is 4.54. The number of rotatable bonds is 2. The number of hydrogen-bond acceptors (Lipinski definition) is 0. The van der Waals surface area contributed by atoms with Gasteiger partial charge in [-0.3, -0.25) is 0 Å². The van der Waals surface area contributed by atoms with Gasteiger partial charge in [-0.2, -0.15) is 0 Å². The average molecular weight is 182 g/mol. The van der Waals surface area contributed by atoms with Crippen LogP contribution < -0.4 is 0 Å². The number of halogens is 2. The summed E-state index contributed by atoms with van der Waals surface area (Å²) in [5, 5.41) is 0. The monoisotopic (exact) mass is 182 g/mol. The molecule has 0 bridgehead atoms. The van der Waals surface area contributed by atoms with E-state index >= 15 is 0 Å². The van der Waals surface area contributed by atoms with Gasteiger partial charge in [0.2, 0.25) is 6.43 Å². The molecule has 1 aromatic carbocycles. The van der Waals surface area contributed by atoms with Gasteiger partial charge in [0.15, 0.2) is 0 Å². The third kappa shape index (κ3) is 1.58. The van der Waals surface area contributed by atoms with E-state index in [1.54, 1.807) is 0 Å². The second-order valence-corrected chi connectivity index (χ2v) is 3.70. The lowest BCUT2D eigenvalue weighted by atomic mass is 10.0. The van der Waals surface area contributed by atoms with E-state index < -0.39 is 6.43 Å². The van der Waals surface area contributed by atoms with Gasteiger partial charge in [-0.15, -0.1) is 0 Å². The van der Waals surface area contributed by atoms with Gasteiger partial charge >= 0.3 is 0 Å². The molecule has 13 heavy (non-hydrogen) atoms. The van der Waals surface area contributed by atoms with E-state index in [2.05, 4.69) is 0 Å². The first-order chi connectivity index (χ1) is 6.20. The van der Waals surface area contributed by atoms with Gasteiger partial charge in [0.25, 0.3) is 0 Å². The zero-order valence-electron chi connectivity index (χ0n) is 7.50. The Hall–Kier alpha value is -0.920. The summed E-state index contributed by atoms with van der Waals surface area (Å²) in [6, 6.07) is 7.81. The minimum Gasteiger partial charge on any atom is -0.210 e. The maximum Gasteiger partial charge on any atom is 0.242 e. The summed E-state index contributed by atoms with van der Waals surface area (Å²) >= 11 is 0. The average Bonchev–Trinajstić information content (AvgIpc) is 2.84. The van der Waals surface area contributed by atoms with E-state index in [9.17, 15) is 8.78 Å². The summed E-state index contributed by atoms with van der Waals surface area (Å²) in [5.41, 5.74) is 2.24. The van der Waals surface area contributed by atoms with E-state index in [1.807, 2.05) is 31.2 Å². The second-order valence-electron chi connectivity index (χ2n) is 3.70.